The normalized spacial score (nSPS) is 22.4. The van der Waals surface area contributed by atoms with Crippen molar-refractivity contribution in [3.8, 4) is 5.75 Å². The summed E-state index contributed by atoms with van der Waals surface area (Å²) < 4.78 is 4.88. The van der Waals surface area contributed by atoms with Crippen LogP contribution in [0.5, 0.6) is 5.75 Å². The minimum Gasteiger partial charge on any atom is -0.544 e. The van der Waals surface area contributed by atoms with Gasteiger partial charge in [-0.15, -0.1) is 0 Å². The lowest BCUT2D eigenvalue weighted by molar-refractivity contribution is -0.877. The third-order valence-electron chi connectivity index (χ3n) is 8.75. The van der Waals surface area contributed by atoms with E-state index in [4.69, 9.17) is 4.74 Å². The number of rotatable bonds is 12. The zero-order chi connectivity index (χ0) is 27.9. The Kier molecular flexibility index (Phi) is 9.88. The van der Waals surface area contributed by atoms with Gasteiger partial charge in [-0.1, -0.05) is 76.6 Å². The Morgan fingerprint density at radius 2 is 1.71 bits per heavy atom. The largest absolute Gasteiger partial charge is 0.544 e. The van der Waals surface area contributed by atoms with Gasteiger partial charge in [0, 0.05) is 24.7 Å². The maximum atomic E-state index is 14.0. The van der Waals surface area contributed by atoms with Crippen LogP contribution in [0.4, 0.5) is 0 Å². The molecule has 0 saturated carbocycles. The molecule has 1 heterocycles. The van der Waals surface area contributed by atoms with Crippen LogP contribution in [-0.4, -0.2) is 48.4 Å². The number of carboxylic acid groups (broad SMARTS) is 1. The summed E-state index contributed by atoms with van der Waals surface area (Å²) in [5.74, 6) is -1.32. The highest BCUT2D eigenvalue weighted by Gasteiger charge is 2.54. The summed E-state index contributed by atoms with van der Waals surface area (Å²) in [6, 6.07) is 16.7. The highest BCUT2D eigenvalue weighted by Crippen LogP contribution is 2.42. The molecule has 1 aliphatic rings. The molecule has 4 unspecified atom stereocenters. The molecule has 0 bridgehead atoms. The number of carbonyl (C=O) groups excluding carboxylic acids is 3. The molecular weight excluding hydrogens is 478 g/mol. The summed E-state index contributed by atoms with van der Waals surface area (Å²) >= 11 is 0. The van der Waals surface area contributed by atoms with Crippen molar-refractivity contribution in [1.29, 1.82) is 0 Å². The Morgan fingerprint density at radius 3 is 2.26 bits per heavy atom. The van der Waals surface area contributed by atoms with Crippen molar-refractivity contribution in [2.75, 3.05) is 20.2 Å². The van der Waals surface area contributed by atoms with E-state index in [-0.39, 0.29) is 22.9 Å². The molecule has 38 heavy (non-hydrogen) atoms. The highest BCUT2D eigenvalue weighted by molar-refractivity contribution is 6.35. The predicted octanol–water partition coefficient (Wildman–Crippen LogP) is 4.70. The summed E-state index contributed by atoms with van der Waals surface area (Å²) in [5.41, 5.74) is 1.31. The van der Waals surface area contributed by atoms with Gasteiger partial charge in [-0.25, -0.2) is 9.28 Å². The van der Waals surface area contributed by atoms with E-state index >= 15 is 0 Å². The van der Waals surface area contributed by atoms with Gasteiger partial charge in [0.2, 0.25) is 0 Å². The minimum absolute atomic E-state index is 0.0922. The Balaban J connectivity index is 1.99. The summed E-state index contributed by atoms with van der Waals surface area (Å²) in [5, 5.41) is 12.8. The second-order valence-electron chi connectivity index (χ2n) is 11.4. The number of Topliss-reactive ketones (excluding diaryl/α,β-unsaturated/α-hetero) is 1. The molecule has 1 saturated heterocycles. The van der Waals surface area contributed by atoms with Crippen molar-refractivity contribution in [1.82, 2.24) is 0 Å². The zero-order valence-electron chi connectivity index (χ0n) is 23.6. The maximum absolute atomic E-state index is 14.0. The Bertz CT molecular complexity index is 1090. The molecule has 1 fully saturated rings. The number of piperidine rings is 1. The van der Waals surface area contributed by atoms with Crippen LogP contribution in [0.25, 0.3) is 0 Å². The van der Waals surface area contributed by atoms with Crippen LogP contribution in [0.3, 0.4) is 0 Å². The van der Waals surface area contributed by atoms with Crippen molar-refractivity contribution in [3.63, 3.8) is 0 Å². The van der Waals surface area contributed by atoms with Crippen LogP contribution >= 0.6 is 0 Å². The molecule has 4 atom stereocenters. The standard InChI is InChI=1S/C32H43NO5/c1-6-11-27(24-12-9-8-10-13-24)25-19-21-33(28(22-25)31(36)37,30(35)29(34)32(3,4)7-2)20-18-23-14-16-26(38-5)17-15-23/h8-10,12-17,25,27-28H,6-7,11,18-22H2,1-5H3. The number of nitrogens with zero attached hydrogens (tertiary/aromatic N) is 1. The van der Waals surface area contributed by atoms with Gasteiger partial charge >= 0.3 is 5.91 Å². The molecule has 0 aliphatic carbocycles. The van der Waals surface area contributed by atoms with Crippen LogP contribution in [0.15, 0.2) is 54.6 Å². The number of likely N-dealkylation sites (tertiary alicyclic amines) is 1. The molecule has 0 aromatic heterocycles. The van der Waals surface area contributed by atoms with Crippen LogP contribution in [0, 0.1) is 11.3 Å². The molecule has 0 radical (unpaired) electrons. The first-order chi connectivity index (χ1) is 18.1. The Morgan fingerprint density at radius 1 is 1.05 bits per heavy atom. The van der Waals surface area contributed by atoms with E-state index in [1.165, 1.54) is 5.56 Å². The number of methoxy groups -OCH3 is 1. The molecule has 6 heteroatoms. The van der Waals surface area contributed by atoms with Crippen LogP contribution < -0.4 is 9.84 Å². The molecular formula is C32H43NO5. The van der Waals surface area contributed by atoms with Gasteiger partial charge in [-0.2, -0.15) is 0 Å². The van der Waals surface area contributed by atoms with Gasteiger partial charge in [-0.05, 0) is 47.9 Å². The number of hydrogen-bond donors (Lipinski definition) is 0. The molecule has 0 spiro atoms. The third-order valence-corrected chi connectivity index (χ3v) is 8.75. The van der Waals surface area contributed by atoms with Crippen molar-refractivity contribution >= 4 is 17.7 Å². The maximum Gasteiger partial charge on any atom is 0.382 e. The average Bonchev–Trinajstić information content (AvgIpc) is 2.94. The fourth-order valence-corrected chi connectivity index (χ4v) is 5.89. The number of ketones is 1. The second-order valence-corrected chi connectivity index (χ2v) is 11.4. The quantitative estimate of drug-likeness (QED) is 0.299. The Labute approximate surface area is 227 Å². The zero-order valence-corrected chi connectivity index (χ0v) is 23.6. The number of amides is 1. The highest BCUT2D eigenvalue weighted by atomic mass is 16.5. The molecule has 6 nitrogen and oxygen atoms in total. The van der Waals surface area contributed by atoms with Gasteiger partial charge in [-0.3, -0.25) is 4.79 Å². The SMILES string of the molecule is CCCC(c1ccccc1)C1CC[N+](CCc2ccc(OC)cc2)(C(=O)C(=O)C(C)(C)CC)C(C(=O)[O-])C1. The van der Waals surface area contributed by atoms with E-state index in [2.05, 4.69) is 19.1 Å². The van der Waals surface area contributed by atoms with E-state index in [9.17, 15) is 19.5 Å². The lowest BCUT2D eigenvalue weighted by Crippen LogP contribution is -2.70. The van der Waals surface area contributed by atoms with Crippen LogP contribution in [-0.2, 0) is 20.8 Å². The van der Waals surface area contributed by atoms with Crippen LogP contribution in [0.1, 0.15) is 76.8 Å². The van der Waals surface area contributed by atoms with E-state index in [1.54, 1.807) is 21.0 Å². The number of benzene rings is 2. The molecule has 3 rings (SSSR count). The molecule has 2 aromatic rings. The number of ether oxygens (including phenoxy) is 1. The number of carbonyl (C=O) groups is 3. The lowest BCUT2D eigenvalue weighted by atomic mass is 9.74. The lowest BCUT2D eigenvalue weighted by Gasteiger charge is -2.49. The fraction of sp³-hybridized carbons (Fsp3) is 0.531. The first-order valence-corrected chi connectivity index (χ1v) is 13.9. The molecule has 1 aliphatic heterocycles. The van der Waals surface area contributed by atoms with Gasteiger partial charge in [0.05, 0.1) is 26.2 Å². The van der Waals surface area contributed by atoms with Crippen molar-refractivity contribution < 1.29 is 28.7 Å². The van der Waals surface area contributed by atoms with E-state index in [0.29, 0.717) is 32.2 Å². The van der Waals surface area contributed by atoms with E-state index < -0.39 is 29.1 Å². The number of aliphatic carboxylic acids is 1. The van der Waals surface area contributed by atoms with Crippen molar-refractivity contribution in [3.05, 3.63) is 65.7 Å². The third kappa shape index (κ3) is 6.35. The summed E-state index contributed by atoms with van der Waals surface area (Å²) in [4.78, 5) is 40.3. The van der Waals surface area contributed by atoms with E-state index in [1.807, 2.05) is 49.4 Å². The van der Waals surface area contributed by atoms with Gasteiger partial charge in [0.1, 0.15) is 11.8 Å². The molecule has 0 N–H and O–H groups in total. The summed E-state index contributed by atoms with van der Waals surface area (Å²) in [7, 11) is 1.60. The van der Waals surface area contributed by atoms with E-state index in [0.717, 1.165) is 24.2 Å². The fourth-order valence-electron chi connectivity index (χ4n) is 5.89. The smallest absolute Gasteiger partial charge is 0.382 e. The van der Waals surface area contributed by atoms with Crippen molar-refractivity contribution in [2.45, 2.75) is 78.2 Å². The summed E-state index contributed by atoms with van der Waals surface area (Å²) in [6.45, 7) is 8.11. The Hall–Kier alpha value is -2.99. The second kappa shape index (κ2) is 12.7. The molecule has 1 amide bonds. The first-order valence-electron chi connectivity index (χ1n) is 13.9. The van der Waals surface area contributed by atoms with Crippen molar-refractivity contribution in [2.24, 2.45) is 11.3 Å². The average molecular weight is 522 g/mol. The number of carboxylic acids is 1. The number of quaternary nitrogens is 1. The van der Waals surface area contributed by atoms with Gasteiger partial charge in [0.25, 0.3) is 5.78 Å². The van der Waals surface area contributed by atoms with Gasteiger partial charge in [0.15, 0.2) is 0 Å². The summed E-state index contributed by atoms with van der Waals surface area (Å²) in [6.07, 6.45) is 3.89. The molecule has 2 aromatic carbocycles. The minimum atomic E-state index is -1.25. The number of hydrogen-bond acceptors (Lipinski definition) is 5. The predicted molar refractivity (Wildman–Crippen MR) is 146 cm³/mol. The monoisotopic (exact) mass is 521 g/mol. The van der Waals surface area contributed by atoms with Crippen LogP contribution in [0.2, 0.25) is 0 Å². The first kappa shape index (κ1) is 29.6. The molecule has 206 valence electrons. The van der Waals surface area contributed by atoms with Gasteiger partial charge < -0.3 is 14.6 Å². The topological polar surface area (TPSA) is 83.5 Å².